The molecule has 5 aromatic rings. The molecule has 0 spiro atoms. The average Bonchev–Trinajstić information content (AvgIpc) is 3.60. The van der Waals surface area contributed by atoms with Gasteiger partial charge in [0.25, 0.3) is 11.6 Å². The lowest BCUT2D eigenvalue weighted by Crippen LogP contribution is -2.10. The normalized spacial score (nSPS) is 10.8. The van der Waals surface area contributed by atoms with E-state index in [1.54, 1.807) is 48.5 Å². The number of para-hydroxylation sites is 1. The van der Waals surface area contributed by atoms with E-state index < -0.39 is 10.8 Å². The minimum atomic E-state index is -0.525. The van der Waals surface area contributed by atoms with Crippen LogP contribution in [-0.4, -0.2) is 37.1 Å². The number of oxazole rings is 1. The lowest BCUT2D eigenvalue weighted by Gasteiger charge is -2.12. The summed E-state index contributed by atoms with van der Waals surface area (Å²) in [4.78, 5) is 28.2. The molecule has 0 atom stereocenters. The van der Waals surface area contributed by atoms with Crippen LogP contribution in [0.3, 0.4) is 0 Å². The van der Waals surface area contributed by atoms with E-state index in [0.29, 0.717) is 45.5 Å². The highest BCUT2D eigenvalue weighted by atomic mass is 16.6. The number of amides is 1. The van der Waals surface area contributed by atoms with Crippen LogP contribution >= 0.6 is 0 Å². The molecule has 3 aromatic carbocycles. The fourth-order valence-electron chi connectivity index (χ4n) is 3.97. The van der Waals surface area contributed by atoms with Crippen LogP contribution in [0.4, 0.5) is 11.4 Å². The van der Waals surface area contributed by atoms with E-state index in [-0.39, 0.29) is 22.8 Å². The van der Waals surface area contributed by atoms with Gasteiger partial charge in [-0.2, -0.15) is 0 Å². The number of aromatic nitrogens is 1. The summed E-state index contributed by atoms with van der Waals surface area (Å²) in [5.74, 6) is 1.36. The summed E-state index contributed by atoms with van der Waals surface area (Å²) in [6, 6.07) is 17.6. The first-order chi connectivity index (χ1) is 18.4. The molecule has 1 amide bonds. The molecule has 0 aliphatic carbocycles. The van der Waals surface area contributed by atoms with E-state index in [4.69, 9.17) is 23.0 Å². The number of nitro groups is 1. The molecule has 2 heterocycles. The number of rotatable bonds is 8. The Morgan fingerprint density at radius 2 is 1.66 bits per heavy atom. The molecule has 0 radical (unpaired) electrons. The first-order valence-corrected chi connectivity index (χ1v) is 11.3. The Hall–Kier alpha value is -5.32. The number of nitrogens with one attached hydrogen (secondary N) is 1. The van der Waals surface area contributed by atoms with Crippen LogP contribution in [0.2, 0.25) is 0 Å². The number of anilines is 1. The highest BCUT2D eigenvalue weighted by molar-refractivity contribution is 6.03. The molecule has 38 heavy (non-hydrogen) atoms. The summed E-state index contributed by atoms with van der Waals surface area (Å²) in [5, 5.41) is 14.1. The molecule has 1 N–H and O–H groups in total. The second kappa shape index (κ2) is 9.97. The van der Waals surface area contributed by atoms with Crippen molar-refractivity contribution in [3.8, 4) is 40.0 Å². The van der Waals surface area contributed by atoms with Crippen molar-refractivity contribution in [2.45, 2.75) is 0 Å². The van der Waals surface area contributed by atoms with E-state index in [1.165, 1.54) is 39.5 Å². The van der Waals surface area contributed by atoms with Crippen LogP contribution in [0.15, 0.2) is 75.6 Å². The highest BCUT2D eigenvalue weighted by Gasteiger charge is 2.20. The Labute approximate surface area is 215 Å². The number of methoxy groups -OCH3 is 3. The second-order valence-corrected chi connectivity index (χ2v) is 8.01. The lowest BCUT2D eigenvalue weighted by atomic mass is 10.1. The molecular weight excluding hydrogens is 494 g/mol. The van der Waals surface area contributed by atoms with Crippen molar-refractivity contribution >= 4 is 28.4 Å². The first kappa shape index (κ1) is 24.4. The first-order valence-electron chi connectivity index (χ1n) is 11.3. The summed E-state index contributed by atoms with van der Waals surface area (Å²) in [7, 11) is 4.56. The molecule has 2 aromatic heterocycles. The Balaban J connectivity index is 1.40. The van der Waals surface area contributed by atoms with Gasteiger partial charge in [-0.3, -0.25) is 14.9 Å². The van der Waals surface area contributed by atoms with E-state index >= 15 is 0 Å². The van der Waals surface area contributed by atoms with Gasteiger partial charge in [0.15, 0.2) is 22.8 Å². The van der Waals surface area contributed by atoms with Crippen molar-refractivity contribution in [3.63, 3.8) is 0 Å². The number of hydrogen-bond donors (Lipinski definition) is 1. The van der Waals surface area contributed by atoms with Gasteiger partial charge in [0.2, 0.25) is 11.6 Å². The van der Waals surface area contributed by atoms with Gasteiger partial charge in [0.05, 0.1) is 31.8 Å². The van der Waals surface area contributed by atoms with E-state index in [0.717, 1.165) is 0 Å². The fourth-order valence-corrected chi connectivity index (χ4v) is 3.97. The largest absolute Gasteiger partial charge is 0.493 e. The van der Waals surface area contributed by atoms with Crippen molar-refractivity contribution in [2.75, 3.05) is 26.6 Å². The third-order valence-corrected chi connectivity index (χ3v) is 5.75. The van der Waals surface area contributed by atoms with Gasteiger partial charge >= 0.3 is 0 Å². The van der Waals surface area contributed by atoms with Gasteiger partial charge in [0.1, 0.15) is 11.3 Å². The zero-order chi connectivity index (χ0) is 26.8. The second-order valence-electron chi connectivity index (χ2n) is 8.01. The van der Waals surface area contributed by atoms with Gasteiger partial charge in [0, 0.05) is 17.3 Å². The van der Waals surface area contributed by atoms with Crippen molar-refractivity contribution in [2.24, 2.45) is 0 Å². The molecule has 0 unspecified atom stereocenters. The van der Waals surface area contributed by atoms with Crippen LogP contribution in [-0.2, 0) is 0 Å². The molecule has 0 fully saturated rings. The topological polar surface area (TPSA) is 139 Å². The maximum absolute atomic E-state index is 12.8. The molecule has 192 valence electrons. The molecule has 0 saturated carbocycles. The summed E-state index contributed by atoms with van der Waals surface area (Å²) >= 11 is 0. The lowest BCUT2D eigenvalue weighted by molar-refractivity contribution is -0.384. The van der Waals surface area contributed by atoms with Gasteiger partial charge < -0.3 is 28.4 Å². The van der Waals surface area contributed by atoms with E-state index in [9.17, 15) is 14.9 Å². The standard InChI is InChI=1S/C27H21N3O8/c1-34-23-12-15(13-24(35-2)25(23)36-3)27-29-18-14-16(8-9-21(18)38-27)28-26(31)22-11-10-20(37-22)17-6-4-5-7-19(17)30(32)33/h4-14H,1-3H3,(H,28,31). The van der Waals surface area contributed by atoms with E-state index in [1.807, 2.05) is 0 Å². The minimum absolute atomic E-state index is 0.00323. The van der Waals surface area contributed by atoms with Crippen LogP contribution in [0.1, 0.15) is 10.6 Å². The number of furan rings is 1. The summed E-state index contributed by atoms with van der Waals surface area (Å²) in [5.41, 5.74) is 2.23. The molecule has 5 rings (SSSR count). The number of carbonyl (C=O) groups excluding carboxylic acids is 1. The number of fused-ring (bicyclic) bond motifs is 1. The van der Waals surface area contributed by atoms with Gasteiger partial charge in [-0.25, -0.2) is 4.98 Å². The SMILES string of the molecule is COc1cc(-c2nc3cc(NC(=O)c4ccc(-c5ccccc5[N+](=O)[O-])o4)ccc3o2)cc(OC)c1OC. The quantitative estimate of drug-likeness (QED) is 0.196. The Bertz CT molecular complexity index is 1650. The number of nitrogens with zero attached hydrogens (tertiary/aromatic N) is 2. The van der Waals surface area contributed by atoms with E-state index in [2.05, 4.69) is 10.3 Å². The average molecular weight is 515 g/mol. The fraction of sp³-hybridized carbons (Fsp3) is 0.111. The summed E-state index contributed by atoms with van der Waals surface area (Å²) in [6.45, 7) is 0. The Kier molecular flexibility index (Phi) is 6.40. The number of carbonyl (C=O) groups is 1. The van der Waals surface area contributed by atoms with Crippen molar-refractivity contribution < 1.29 is 32.8 Å². The predicted molar refractivity (Wildman–Crippen MR) is 138 cm³/mol. The Morgan fingerprint density at radius 1 is 0.921 bits per heavy atom. The van der Waals surface area contributed by atoms with Gasteiger partial charge in [-0.05, 0) is 48.5 Å². The molecular formula is C27H21N3O8. The number of nitro benzene ring substituents is 1. The minimum Gasteiger partial charge on any atom is -0.493 e. The molecule has 0 bridgehead atoms. The number of benzene rings is 3. The van der Waals surface area contributed by atoms with Crippen molar-refractivity contribution in [1.82, 2.24) is 4.98 Å². The maximum atomic E-state index is 12.8. The molecule has 11 heteroatoms. The zero-order valence-corrected chi connectivity index (χ0v) is 20.5. The molecule has 0 aliphatic rings. The van der Waals surface area contributed by atoms with Crippen molar-refractivity contribution in [1.29, 1.82) is 0 Å². The zero-order valence-electron chi connectivity index (χ0n) is 20.5. The smallest absolute Gasteiger partial charge is 0.291 e. The third-order valence-electron chi connectivity index (χ3n) is 5.75. The van der Waals surface area contributed by atoms with Gasteiger partial charge in [-0.1, -0.05) is 12.1 Å². The van der Waals surface area contributed by atoms with Crippen LogP contribution in [0, 0.1) is 10.1 Å². The van der Waals surface area contributed by atoms with Crippen LogP contribution in [0.5, 0.6) is 17.2 Å². The number of hydrogen-bond acceptors (Lipinski definition) is 9. The van der Waals surface area contributed by atoms with Crippen LogP contribution in [0.25, 0.3) is 33.9 Å². The Morgan fingerprint density at radius 3 is 2.34 bits per heavy atom. The highest BCUT2D eigenvalue weighted by Crippen LogP contribution is 2.41. The monoisotopic (exact) mass is 515 g/mol. The molecule has 0 saturated heterocycles. The maximum Gasteiger partial charge on any atom is 0.291 e. The summed E-state index contributed by atoms with van der Waals surface area (Å²) < 4.78 is 27.7. The van der Waals surface area contributed by atoms with Gasteiger partial charge in [-0.15, -0.1) is 0 Å². The third kappa shape index (κ3) is 4.48. The number of ether oxygens (including phenoxy) is 3. The predicted octanol–water partition coefficient (Wildman–Crippen LogP) is 5.94. The molecule has 11 nitrogen and oxygen atoms in total. The van der Waals surface area contributed by atoms with Crippen molar-refractivity contribution in [3.05, 3.63) is 82.6 Å². The molecule has 0 aliphatic heterocycles. The van der Waals surface area contributed by atoms with Crippen LogP contribution < -0.4 is 19.5 Å². The summed E-state index contributed by atoms with van der Waals surface area (Å²) in [6.07, 6.45) is 0.